The summed E-state index contributed by atoms with van der Waals surface area (Å²) in [4.78, 5) is 18.3. The molecule has 2 heterocycles. The zero-order valence-electron chi connectivity index (χ0n) is 7.30. The van der Waals surface area contributed by atoms with Gasteiger partial charge in [0.25, 0.3) is 0 Å². The van der Waals surface area contributed by atoms with E-state index in [1.807, 2.05) is 0 Å². The number of nitrogen functional groups attached to an aromatic ring is 1. The molecule has 0 bridgehead atoms. The van der Waals surface area contributed by atoms with Gasteiger partial charge in [-0.1, -0.05) is 0 Å². The molecule has 6 heteroatoms. The average molecular weight is 195 g/mol. The minimum Gasteiger partial charge on any atom is -0.479 e. The Morgan fingerprint density at radius 2 is 2.50 bits per heavy atom. The van der Waals surface area contributed by atoms with E-state index in [2.05, 4.69) is 9.97 Å². The molecular weight excluding hydrogens is 186 g/mol. The molecule has 0 fully saturated rings. The summed E-state index contributed by atoms with van der Waals surface area (Å²) < 4.78 is 5.14. The van der Waals surface area contributed by atoms with Crippen LogP contribution in [0.3, 0.4) is 0 Å². The fourth-order valence-electron chi connectivity index (χ4n) is 1.33. The molecule has 14 heavy (non-hydrogen) atoms. The highest BCUT2D eigenvalue weighted by Crippen LogP contribution is 2.25. The van der Waals surface area contributed by atoms with Gasteiger partial charge in [0.15, 0.2) is 6.10 Å². The lowest BCUT2D eigenvalue weighted by molar-refractivity contribution is -0.146. The number of ether oxygens (including phenoxy) is 1. The molecule has 1 aliphatic heterocycles. The molecule has 1 atom stereocenters. The second kappa shape index (κ2) is 3.13. The van der Waals surface area contributed by atoms with Crippen molar-refractivity contribution in [1.82, 2.24) is 9.97 Å². The molecule has 1 unspecified atom stereocenters. The van der Waals surface area contributed by atoms with Crippen molar-refractivity contribution < 1.29 is 14.6 Å². The fraction of sp³-hybridized carbons (Fsp3) is 0.375. The lowest BCUT2D eigenvalue weighted by Gasteiger charge is -2.21. The predicted octanol–water partition coefficient (Wildman–Crippen LogP) is -0.163. The van der Waals surface area contributed by atoms with Gasteiger partial charge in [-0.3, -0.25) is 0 Å². The van der Waals surface area contributed by atoms with Crippen LogP contribution in [0.15, 0.2) is 6.20 Å². The van der Waals surface area contributed by atoms with E-state index in [0.29, 0.717) is 12.8 Å². The van der Waals surface area contributed by atoms with Crippen molar-refractivity contribution in [2.24, 2.45) is 0 Å². The smallest absolute Gasteiger partial charge is 0.344 e. The van der Waals surface area contributed by atoms with Crippen LogP contribution in [-0.2, 0) is 11.2 Å². The first-order valence-corrected chi connectivity index (χ1v) is 4.17. The summed E-state index contributed by atoms with van der Waals surface area (Å²) in [6, 6.07) is 0. The molecule has 3 N–H and O–H groups in total. The van der Waals surface area contributed by atoms with Gasteiger partial charge >= 0.3 is 5.97 Å². The number of hydrogen-bond donors (Lipinski definition) is 2. The molecule has 0 radical (unpaired) electrons. The molecule has 0 amide bonds. The minimum absolute atomic E-state index is 0.0924. The first-order valence-electron chi connectivity index (χ1n) is 4.17. The van der Waals surface area contributed by atoms with Crippen molar-refractivity contribution in [3.63, 3.8) is 0 Å². The van der Waals surface area contributed by atoms with Gasteiger partial charge in [0.2, 0.25) is 11.8 Å². The van der Waals surface area contributed by atoms with E-state index >= 15 is 0 Å². The second-order valence-electron chi connectivity index (χ2n) is 3.04. The average Bonchev–Trinajstić information content (AvgIpc) is 2.16. The number of hydrogen-bond acceptors (Lipinski definition) is 5. The second-order valence-corrected chi connectivity index (χ2v) is 3.04. The van der Waals surface area contributed by atoms with Crippen molar-refractivity contribution in [2.45, 2.75) is 18.9 Å². The van der Waals surface area contributed by atoms with Crippen LogP contribution in [-0.4, -0.2) is 27.1 Å². The van der Waals surface area contributed by atoms with Gasteiger partial charge in [-0.25, -0.2) is 9.78 Å². The van der Waals surface area contributed by atoms with E-state index in [4.69, 9.17) is 15.6 Å². The summed E-state index contributed by atoms with van der Waals surface area (Å²) in [6.45, 7) is 0. The first-order chi connectivity index (χ1) is 6.66. The number of anilines is 1. The highest BCUT2D eigenvalue weighted by atomic mass is 16.5. The number of aliphatic carboxylic acids is 1. The van der Waals surface area contributed by atoms with Crippen LogP contribution >= 0.6 is 0 Å². The summed E-state index contributed by atoms with van der Waals surface area (Å²) in [5.74, 6) is -0.598. The van der Waals surface area contributed by atoms with Crippen LogP contribution in [0.2, 0.25) is 0 Å². The Balaban J connectivity index is 2.29. The molecular formula is C8H9N3O3. The van der Waals surface area contributed by atoms with Crippen LogP contribution in [0.25, 0.3) is 0 Å². The topological polar surface area (TPSA) is 98.3 Å². The molecule has 2 rings (SSSR count). The molecule has 0 aromatic carbocycles. The quantitative estimate of drug-likeness (QED) is 0.645. The van der Waals surface area contributed by atoms with Crippen molar-refractivity contribution >= 4 is 11.9 Å². The number of carboxylic acids is 1. The first kappa shape index (κ1) is 8.74. The minimum atomic E-state index is -0.979. The molecule has 0 saturated heterocycles. The van der Waals surface area contributed by atoms with Crippen LogP contribution in [0.5, 0.6) is 5.88 Å². The van der Waals surface area contributed by atoms with Gasteiger partial charge in [0, 0.05) is 11.8 Å². The normalized spacial score (nSPS) is 19.6. The molecule has 0 aliphatic carbocycles. The highest BCUT2D eigenvalue weighted by Gasteiger charge is 2.26. The Morgan fingerprint density at radius 3 is 3.21 bits per heavy atom. The number of aromatic nitrogens is 2. The molecule has 1 aromatic rings. The lowest BCUT2D eigenvalue weighted by atomic mass is 10.1. The van der Waals surface area contributed by atoms with E-state index in [1.165, 1.54) is 0 Å². The Kier molecular flexibility index (Phi) is 1.95. The van der Waals surface area contributed by atoms with Gasteiger partial charge in [0.05, 0.1) is 0 Å². The number of aryl methyl sites for hydroxylation is 1. The van der Waals surface area contributed by atoms with Crippen LogP contribution in [0, 0.1) is 0 Å². The summed E-state index contributed by atoms with van der Waals surface area (Å²) >= 11 is 0. The summed E-state index contributed by atoms with van der Waals surface area (Å²) in [5, 5.41) is 8.73. The van der Waals surface area contributed by atoms with Crippen molar-refractivity contribution in [3.05, 3.63) is 11.8 Å². The molecule has 0 saturated carbocycles. The molecule has 74 valence electrons. The lowest BCUT2D eigenvalue weighted by Crippen LogP contribution is -2.31. The van der Waals surface area contributed by atoms with Gasteiger partial charge in [-0.2, -0.15) is 4.98 Å². The number of nitrogens with two attached hydrogens (primary N) is 1. The van der Waals surface area contributed by atoms with E-state index in [9.17, 15) is 4.79 Å². The highest BCUT2D eigenvalue weighted by molar-refractivity contribution is 5.73. The van der Waals surface area contributed by atoms with Crippen molar-refractivity contribution in [3.8, 4) is 5.88 Å². The summed E-state index contributed by atoms with van der Waals surface area (Å²) in [7, 11) is 0. The number of carboxylic acid groups (broad SMARTS) is 1. The molecule has 1 aliphatic rings. The standard InChI is InChI=1S/C8H9N3O3/c9-8-10-3-4-1-2-5(7(12)13)14-6(4)11-8/h3,5H,1-2H2,(H,12,13)(H2,9,10,11). The summed E-state index contributed by atoms with van der Waals surface area (Å²) in [5.41, 5.74) is 6.16. The van der Waals surface area contributed by atoms with E-state index in [-0.39, 0.29) is 11.8 Å². The predicted molar refractivity (Wildman–Crippen MR) is 46.8 cm³/mol. The van der Waals surface area contributed by atoms with Crippen LogP contribution in [0.1, 0.15) is 12.0 Å². The van der Waals surface area contributed by atoms with Crippen LogP contribution in [0.4, 0.5) is 5.95 Å². The van der Waals surface area contributed by atoms with Crippen molar-refractivity contribution in [1.29, 1.82) is 0 Å². The Hall–Kier alpha value is -1.85. The van der Waals surface area contributed by atoms with E-state index in [0.717, 1.165) is 5.56 Å². The molecule has 6 nitrogen and oxygen atoms in total. The third kappa shape index (κ3) is 1.46. The van der Waals surface area contributed by atoms with Crippen LogP contribution < -0.4 is 10.5 Å². The zero-order chi connectivity index (χ0) is 10.1. The number of carbonyl (C=O) groups is 1. The fourth-order valence-corrected chi connectivity index (χ4v) is 1.33. The summed E-state index contributed by atoms with van der Waals surface area (Å²) in [6.07, 6.45) is 1.79. The molecule has 1 aromatic heterocycles. The zero-order valence-corrected chi connectivity index (χ0v) is 7.30. The Labute approximate surface area is 79.7 Å². The molecule has 0 spiro atoms. The third-order valence-corrected chi connectivity index (χ3v) is 2.05. The van der Waals surface area contributed by atoms with Gasteiger partial charge in [-0.15, -0.1) is 0 Å². The van der Waals surface area contributed by atoms with Gasteiger partial charge < -0.3 is 15.6 Å². The van der Waals surface area contributed by atoms with E-state index < -0.39 is 12.1 Å². The maximum absolute atomic E-state index is 10.6. The monoisotopic (exact) mass is 195 g/mol. The van der Waals surface area contributed by atoms with Gasteiger partial charge in [0.1, 0.15) is 0 Å². The van der Waals surface area contributed by atoms with Crippen molar-refractivity contribution in [2.75, 3.05) is 5.73 Å². The Morgan fingerprint density at radius 1 is 1.71 bits per heavy atom. The number of nitrogens with zero attached hydrogens (tertiary/aromatic N) is 2. The van der Waals surface area contributed by atoms with Gasteiger partial charge in [-0.05, 0) is 12.8 Å². The largest absolute Gasteiger partial charge is 0.479 e. The number of rotatable bonds is 1. The number of fused-ring (bicyclic) bond motifs is 1. The van der Waals surface area contributed by atoms with E-state index in [1.54, 1.807) is 6.20 Å². The maximum atomic E-state index is 10.6. The maximum Gasteiger partial charge on any atom is 0.344 e. The SMILES string of the molecule is Nc1ncc2c(n1)OC(C(=O)O)CC2. The Bertz CT molecular complexity index is 380. The third-order valence-electron chi connectivity index (χ3n) is 2.05.